The average Bonchev–Trinajstić information content (AvgIpc) is 3.32. The number of amides is 1. The quantitative estimate of drug-likeness (QED) is 0.170. The van der Waals surface area contributed by atoms with E-state index < -0.39 is 0 Å². The maximum Gasteiger partial charge on any atom is 0.266 e. The fourth-order valence-electron chi connectivity index (χ4n) is 2.87. The van der Waals surface area contributed by atoms with Crippen LogP contribution in [-0.2, 0) is 4.79 Å². The van der Waals surface area contributed by atoms with Gasteiger partial charge in [0.2, 0.25) is 0 Å². The van der Waals surface area contributed by atoms with Crippen LogP contribution >= 0.6 is 27.7 Å². The van der Waals surface area contributed by atoms with E-state index in [2.05, 4.69) is 31.4 Å². The van der Waals surface area contributed by atoms with E-state index in [1.165, 1.54) is 22.5 Å². The Morgan fingerprint density at radius 2 is 1.97 bits per heavy atom. The summed E-state index contributed by atoms with van der Waals surface area (Å²) in [4.78, 5) is 30.0. The highest BCUT2D eigenvalue weighted by Crippen LogP contribution is 2.22. The van der Waals surface area contributed by atoms with Crippen LogP contribution in [0.4, 0.5) is 0 Å². The van der Waals surface area contributed by atoms with Crippen molar-refractivity contribution in [1.29, 1.82) is 0 Å². The van der Waals surface area contributed by atoms with Crippen molar-refractivity contribution in [1.82, 2.24) is 15.0 Å². The summed E-state index contributed by atoms with van der Waals surface area (Å²) >= 11 is 4.57. The minimum atomic E-state index is -0.317. The molecule has 1 N–H and O–H groups in total. The Morgan fingerprint density at radius 1 is 1.16 bits per heavy atom. The predicted molar refractivity (Wildman–Crippen MR) is 130 cm³/mol. The van der Waals surface area contributed by atoms with Gasteiger partial charge in [-0.15, -0.1) is 0 Å². The van der Waals surface area contributed by atoms with Gasteiger partial charge in [-0.05, 0) is 60.7 Å². The maximum absolute atomic E-state index is 13.2. The second-order valence-corrected chi connectivity index (χ2v) is 8.36. The first-order valence-corrected chi connectivity index (χ1v) is 11.3. The summed E-state index contributed by atoms with van der Waals surface area (Å²) < 4.78 is 7.58. The summed E-state index contributed by atoms with van der Waals surface area (Å²) in [7, 11) is 0. The van der Waals surface area contributed by atoms with Crippen LogP contribution in [0.15, 0.2) is 96.9 Å². The smallest absolute Gasteiger partial charge is 0.266 e. The minimum absolute atomic E-state index is 0.0422. The van der Waals surface area contributed by atoms with Gasteiger partial charge in [0.15, 0.2) is 5.16 Å². The summed E-state index contributed by atoms with van der Waals surface area (Å²) in [5, 5.41) is 4.82. The molecule has 160 valence electrons. The number of thioether (sulfide) groups is 1. The molecule has 4 aromatic rings. The van der Waals surface area contributed by atoms with Crippen molar-refractivity contribution in [2.24, 2.45) is 5.10 Å². The lowest BCUT2D eigenvalue weighted by Gasteiger charge is -2.13. The van der Waals surface area contributed by atoms with Crippen LogP contribution in [0.1, 0.15) is 5.76 Å². The van der Waals surface area contributed by atoms with Gasteiger partial charge in [0.1, 0.15) is 5.76 Å². The Bertz CT molecular complexity index is 1350. The monoisotopic (exact) mass is 508 g/mol. The van der Waals surface area contributed by atoms with Crippen molar-refractivity contribution in [2.75, 3.05) is 5.75 Å². The molecule has 0 saturated carbocycles. The van der Waals surface area contributed by atoms with E-state index in [1.807, 2.05) is 30.3 Å². The van der Waals surface area contributed by atoms with Gasteiger partial charge < -0.3 is 4.42 Å². The summed E-state index contributed by atoms with van der Waals surface area (Å²) in [6.07, 6.45) is 6.41. The van der Waals surface area contributed by atoms with Crippen LogP contribution in [0.25, 0.3) is 22.7 Å². The molecule has 0 fully saturated rings. The Labute approximate surface area is 196 Å². The number of carbonyl (C=O) groups excluding carboxylic acids is 1. The van der Waals surface area contributed by atoms with Crippen molar-refractivity contribution in [3.8, 4) is 5.69 Å². The predicted octanol–water partition coefficient (Wildman–Crippen LogP) is 4.65. The zero-order valence-corrected chi connectivity index (χ0v) is 19.0. The number of rotatable bonds is 7. The molecule has 0 atom stereocenters. The first-order chi connectivity index (χ1) is 15.6. The van der Waals surface area contributed by atoms with E-state index in [-0.39, 0.29) is 17.2 Å². The van der Waals surface area contributed by atoms with Crippen LogP contribution < -0.4 is 11.0 Å². The number of nitrogens with one attached hydrogen (secondary N) is 1. The Morgan fingerprint density at radius 3 is 2.75 bits per heavy atom. The zero-order valence-electron chi connectivity index (χ0n) is 16.6. The molecular weight excluding hydrogens is 492 g/mol. The first-order valence-electron chi connectivity index (χ1n) is 9.54. The lowest BCUT2D eigenvalue weighted by molar-refractivity contribution is -0.118. The summed E-state index contributed by atoms with van der Waals surface area (Å²) in [5.74, 6) is 0.412. The molecule has 4 rings (SSSR count). The number of halogens is 1. The Hall–Kier alpha value is -3.43. The van der Waals surface area contributed by atoms with Gasteiger partial charge in [-0.25, -0.2) is 10.4 Å². The van der Waals surface area contributed by atoms with Crippen LogP contribution in [0.2, 0.25) is 0 Å². The third kappa shape index (κ3) is 5.24. The zero-order chi connectivity index (χ0) is 22.3. The van der Waals surface area contributed by atoms with Crippen molar-refractivity contribution >= 4 is 56.8 Å². The molecule has 0 bridgehead atoms. The second-order valence-electron chi connectivity index (χ2n) is 6.50. The lowest BCUT2D eigenvalue weighted by Crippen LogP contribution is -2.24. The molecule has 2 aromatic carbocycles. The summed E-state index contributed by atoms with van der Waals surface area (Å²) in [6.45, 7) is 0. The van der Waals surface area contributed by atoms with Crippen molar-refractivity contribution < 1.29 is 9.21 Å². The van der Waals surface area contributed by atoms with Crippen LogP contribution in [0.5, 0.6) is 0 Å². The number of hydrogen-bond acceptors (Lipinski definition) is 6. The molecule has 0 saturated heterocycles. The molecule has 2 heterocycles. The number of aromatic nitrogens is 2. The normalized spacial score (nSPS) is 11.5. The van der Waals surface area contributed by atoms with E-state index in [4.69, 9.17) is 4.42 Å². The molecule has 2 aromatic heterocycles. The molecule has 7 nitrogen and oxygen atoms in total. The number of fused-ring (bicyclic) bond motifs is 1. The van der Waals surface area contributed by atoms with Gasteiger partial charge in [-0.2, -0.15) is 5.10 Å². The number of furan rings is 1. The highest BCUT2D eigenvalue weighted by molar-refractivity contribution is 9.10. The summed E-state index contributed by atoms with van der Waals surface area (Å²) in [6, 6.07) is 18.1. The number of hydrazone groups is 1. The van der Waals surface area contributed by atoms with Crippen LogP contribution in [-0.4, -0.2) is 27.4 Å². The molecule has 0 radical (unpaired) electrons. The molecule has 0 aliphatic carbocycles. The maximum atomic E-state index is 13.2. The van der Waals surface area contributed by atoms with Gasteiger partial charge in [0.25, 0.3) is 11.5 Å². The number of carbonyl (C=O) groups is 1. The van der Waals surface area contributed by atoms with Gasteiger partial charge in [0, 0.05) is 10.7 Å². The topological polar surface area (TPSA) is 89.5 Å². The third-order valence-corrected chi connectivity index (χ3v) is 5.78. The summed E-state index contributed by atoms with van der Waals surface area (Å²) in [5.41, 5.74) is 3.51. The molecule has 32 heavy (non-hydrogen) atoms. The van der Waals surface area contributed by atoms with Crippen LogP contribution in [0.3, 0.4) is 0 Å². The number of allylic oxidation sites excluding steroid dienone is 1. The van der Waals surface area contributed by atoms with E-state index in [0.717, 1.165) is 4.47 Å². The van der Waals surface area contributed by atoms with E-state index in [9.17, 15) is 9.59 Å². The van der Waals surface area contributed by atoms with E-state index >= 15 is 0 Å². The average molecular weight is 509 g/mol. The van der Waals surface area contributed by atoms with E-state index in [0.29, 0.717) is 27.5 Å². The number of nitrogens with zero attached hydrogens (tertiary/aromatic N) is 3. The van der Waals surface area contributed by atoms with Crippen molar-refractivity contribution in [2.45, 2.75) is 5.16 Å². The molecule has 0 aliphatic heterocycles. The SMILES string of the molecule is O=C(CSc1nc2ccccc2c(=O)n1-c1ccc(Br)cc1)NN=CC=Cc1ccco1. The standard InChI is InChI=1S/C23H17BrN4O3S/c24-16-9-11-17(12-10-16)28-22(30)19-7-1-2-8-20(19)26-23(28)32-15-21(29)27-25-13-3-5-18-6-4-14-31-18/h1-14H,15H2,(H,27,29). The van der Waals surface area contributed by atoms with Gasteiger partial charge in [0.05, 0.1) is 28.6 Å². The van der Waals surface area contributed by atoms with Crippen molar-refractivity contribution in [3.05, 3.63) is 93.6 Å². The Kier molecular flexibility index (Phi) is 6.98. The largest absolute Gasteiger partial charge is 0.465 e. The van der Waals surface area contributed by atoms with Crippen LogP contribution in [0, 0.1) is 0 Å². The van der Waals surface area contributed by atoms with Gasteiger partial charge in [-0.3, -0.25) is 14.2 Å². The van der Waals surface area contributed by atoms with Gasteiger partial charge in [-0.1, -0.05) is 39.8 Å². The highest BCUT2D eigenvalue weighted by atomic mass is 79.9. The Balaban J connectivity index is 1.51. The fraction of sp³-hybridized carbons (Fsp3) is 0.0435. The van der Waals surface area contributed by atoms with E-state index in [1.54, 1.807) is 48.7 Å². The van der Waals surface area contributed by atoms with Crippen molar-refractivity contribution in [3.63, 3.8) is 0 Å². The molecule has 1 amide bonds. The molecule has 0 unspecified atom stereocenters. The minimum Gasteiger partial charge on any atom is -0.465 e. The number of hydrogen-bond donors (Lipinski definition) is 1. The molecule has 0 spiro atoms. The lowest BCUT2D eigenvalue weighted by atomic mass is 10.2. The second kappa shape index (κ2) is 10.3. The third-order valence-electron chi connectivity index (χ3n) is 4.32. The number of para-hydroxylation sites is 1. The molecule has 9 heteroatoms. The number of benzene rings is 2. The highest BCUT2D eigenvalue weighted by Gasteiger charge is 2.14. The van der Waals surface area contributed by atoms with Gasteiger partial charge >= 0.3 is 0 Å². The fourth-order valence-corrected chi connectivity index (χ4v) is 3.94. The molecule has 0 aliphatic rings. The molecular formula is C23H17BrN4O3S. The first kappa shape index (κ1) is 21.8.